The third kappa shape index (κ3) is 3.50. The van der Waals surface area contributed by atoms with Crippen molar-refractivity contribution >= 4 is 35.3 Å². The van der Waals surface area contributed by atoms with Crippen molar-refractivity contribution in [1.29, 1.82) is 0 Å². The van der Waals surface area contributed by atoms with Crippen LogP contribution in [-0.2, 0) is 0 Å². The standard InChI is InChI=1S/C18H19N5O.ClH/c24-17(13-5-3-9-19-11-13)22-18-21-15-7-1-2-8-16(15)23(18)14-6-4-10-20-12-14;/h1-3,5,7-9,11,14,20H,4,6,10,12H2,(H,21,22,24);1H. The Balaban J connectivity index is 0.00000182. The fourth-order valence-corrected chi connectivity index (χ4v) is 3.23. The third-order valence-corrected chi connectivity index (χ3v) is 4.38. The fraction of sp³-hybridized carbons (Fsp3) is 0.278. The first-order valence-corrected chi connectivity index (χ1v) is 8.22. The van der Waals surface area contributed by atoms with Crippen LogP contribution in [0, 0.1) is 0 Å². The van der Waals surface area contributed by atoms with Gasteiger partial charge in [-0.1, -0.05) is 12.1 Å². The molecule has 3 heterocycles. The van der Waals surface area contributed by atoms with Crippen molar-refractivity contribution in [3.63, 3.8) is 0 Å². The van der Waals surface area contributed by atoms with Crippen molar-refractivity contribution in [1.82, 2.24) is 19.9 Å². The Kier molecular flexibility index (Phi) is 5.31. The molecule has 1 unspecified atom stereocenters. The average molecular weight is 358 g/mol. The number of rotatable bonds is 3. The van der Waals surface area contributed by atoms with E-state index in [4.69, 9.17) is 0 Å². The summed E-state index contributed by atoms with van der Waals surface area (Å²) in [6.45, 7) is 1.93. The Morgan fingerprint density at radius 1 is 1.24 bits per heavy atom. The van der Waals surface area contributed by atoms with Gasteiger partial charge < -0.3 is 9.88 Å². The molecule has 0 saturated carbocycles. The van der Waals surface area contributed by atoms with Gasteiger partial charge in [-0.25, -0.2) is 4.98 Å². The summed E-state index contributed by atoms with van der Waals surface area (Å²) in [6, 6.07) is 11.8. The van der Waals surface area contributed by atoms with Gasteiger partial charge in [0.2, 0.25) is 5.95 Å². The minimum Gasteiger partial charge on any atom is -0.315 e. The molecular weight excluding hydrogens is 338 g/mol. The zero-order chi connectivity index (χ0) is 16.4. The number of nitrogens with zero attached hydrogens (tertiary/aromatic N) is 3. The Bertz CT molecular complexity index is 858. The molecule has 1 aromatic carbocycles. The molecule has 1 amide bonds. The summed E-state index contributed by atoms with van der Waals surface area (Å²) >= 11 is 0. The molecule has 1 aliphatic rings. The van der Waals surface area contributed by atoms with Gasteiger partial charge in [-0.05, 0) is 43.7 Å². The number of amides is 1. The van der Waals surface area contributed by atoms with Crippen molar-refractivity contribution < 1.29 is 4.79 Å². The maximum atomic E-state index is 12.5. The number of fused-ring (bicyclic) bond motifs is 1. The Morgan fingerprint density at radius 2 is 2.12 bits per heavy atom. The molecule has 0 bridgehead atoms. The van der Waals surface area contributed by atoms with E-state index in [1.54, 1.807) is 24.5 Å². The molecule has 1 fully saturated rings. The van der Waals surface area contributed by atoms with E-state index in [0.29, 0.717) is 11.5 Å². The van der Waals surface area contributed by atoms with Gasteiger partial charge in [0.05, 0.1) is 16.6 Å². The Hall–Kier alpha value is -2.44. The highest BCUT2D eigenvalue weighted by atomic mass is 35.5. The number of nitrogens with one attached hydrogen (secondary N) is 2. The molecule has 1 aliphatic heterocycles. The molecule has 25 heavy (non-hydrogen) atoms. The molecule has 2 N–H and O–H groups in total. The first-order valence-electron chi connectivity index (χ1n) is 8.22. The van der Waals surface area contributed by atoms with Crippen LogP contribution in [0.2, 0.25) is 0 Å². The highest BCUT2D eigenvalue weighted by molar-refractivity contribution is 6.03. The summed E-state index contributed by atoms with van der Waals surface area (Å²) in [7, 11) is 0. The number of carbonyl (C=O) groups is 1. The summed E-state index contributed by atoms with van der Waals surface area (Å²) in [5.41, 5.74) is 2.47. The summed E-state index contributed by atoms with van der Waals surface area (Å²) in [4.78, 5) is 21.1. The second-order valence-electron chi connectivity index (χ2n) is 5.99. The van der Waals surface area contributed by atoms with Crippen molar-refractivity contribution in [2.24, 2.45) is 0 Å². The lowest BCUT2D eigenvalue weighted by atomic mass is 10.1. The van der Waals surface area contributed by atoms with Crippen LogP contribution in [0.15, 0.2) is 48.8 Å². The molecule has 1 saturated heterocycles. The van der Waals surface area contributed by atoms with Crippen molar-refractivity contribution in [3.05, 3.63) is 54.4 Å². The number of anilines is 1. The van der Waals surface area contributed by atoms with Crippen LogP contribution in [0.5, 0.6) is 0 Å². The minimum atomic E-state index is -0.191. The first kappa shape index (κ1) is 17.4. The van der Waals surface area contributed by atoms with E-state index < -0.39 is 0 Å². The van der Waals surface area contributed by atoms with E-state index in [-0.39, 0.29) is 24.4 Å². The van der Waals surface area contributed by atoms with Crippen LogP contribution < -0.4 is 10.6 Å². The van der Waals surface area contributed by atoms with E-state index in [2.05, 4.69) is 31.2 Å². The van der Waals surface area contributed by atoms with E-state index in [1.807, 2.05) is 18.2 Å². The molecule has 0 radical (unpaired) electrons. The van der Waals surface area contributed by atoms with Gasteiger partial charge in [-0.15, -0.1) is 12.4 Å². The zero-order valence-electron chi connectivity index (χ0n) is 13.7. The van der Waals surface area contributed by atoms with Crippen LogP contribution in [0.3, 0.4) is 0 Å². The topological polar surface area (TPSA) is 71.8 Å². The van der Waals surface area contributed by atoms with Gasteiger partial charge >= 0.3 is 0 Å². The third-order valence-electron chi connectivity index (χ3n) is 4.38. The number of hydrogen-bond donors (Lipinski definition) is 2. The van der Waals surface area contributed by atoms with Crippen LogP contribution in [-0.4, -0.2) is 33.5 Å². The van der Waals surface area contributed by atoms with E-state index in [9.17, 15) is 4.79 Å². The summed E-state index contributed by atoms with van der Waals surface area (Å²) in [6.07, 6.45) is 5.40. The number of para-hydroxylation sites is 2. The number of hydrogen-bond acceptors (Lipinski definition) is 4. The SMILES string of the molecule is Cl.O=C(Nc1nc2ccccc2n1C1CCCNC1)c1cccnc1. The molecule has 7 heteroatoms. The van der Waals surface area contributed by atoms with Gasteiger partial charge in [0.15, 0.2) is 0 Å². The smallest absolute Gasteiger partial charge is 0.259 e. The summed E-state index contributed by atoms with van der Waals surface area (Å²) in [5.74, 6) is 0.405. The van der Waals surface area contributed by atoms with Gasteiger partial charge in [0.25, 0.3) is 5.91 Å². The average Bonchev–Trinajstić information content (AvgIpc) is 3.01. The van der Waals surface area contributed by atoms with Gasteiger partial charge in [0.1, 0.15) is 0 Å². The quantitative estimate of drug-likeness (QED) is 0.755. The highest BCUT2D eigenvalue weighted by Gasteiger charge is 2.22. The number of pyridine rings is 1. The van der Waals surface area contributed by atoms with Crippen LogP contribution in [0.25, 0.3) is 11.0 Å². The Labute approximate surface area is 152 Å². The number of halogens is 1. The molecule has 2 aromatic heterocycles. The van der Waals surface area contributed by atoms with Crippen LogP contribution in [0.4, 0.5) is 5.95 Å². The zero-order valence-corrected chi connectivity index (χ0v) is 14.5. The lowest BCUT2D eigenvalue weighted by Crippen LogP contribution is -2.32. The van der Waals surface area contributed by atoms with Gasteiger partial charge in [-0.3, -0.25) is 15.1 Å². The molecule has 4 rings (SSSR count). The number of aromatic nitrogens is 3. The monoisotopic (exact) mass is 357 g/mol. The van der Waals surface area contributed by atoms with Crippen LogP contribution >= 0.6 is 12.4 Å². The summed E-state index contributed by atoms with van der Waals surface area (Å²) in [5, 5.41) is 6.39. The molecule has 0 aliphatic carbocycles. The number of piperidine rings is 1. The number of imidazole rings is 1. The minimum absolute atomic E-state index is 0. The molecule has 3 aromatic rings. The van der Waals surface area contributed by atoms with E-state index in [1.165, 1.54) is 0 Å². The van der Waals surface area contributed by atoms with Gasteiger partial charge in [-0.2, -0.15) is 0 Å². The second kappa shape index (κ2) is 7.63. The predicted octanol–water partition coefficient (Wildman–Crippen LogP) is 3.03. The number of carbonyl (C=O) groups excluding carboxylic acids is 1. The second-order valence-corrected chi connectivity index (χ2v) is 5.99. The lowest BCUT2D eigenvalue weighted by Gasteiger charge is -2.26. The first-order chi connectivity index (χ1) is 11.8. The normalized spacial score (nSPS) is 17.0. The lowest BCUT2D eigenvalue weighted by molar-refractivity contribution is 0.102. The maximum absolute atomic E-state index is 12.5. The highest BCUT2D eigenvalue weighted by Crippen LogP contribution is 2.28. The van der Waals surface area contributed by atoms with Gasteiger partial charge in [0, 0.05) is 25.0 Å². The predicted molar refractivity (Wildman–Crippen MR) is 100 cm³/mol. The molecule has 6 nitrogen and oxygen atoms in total. The van der Waals surface area contributed by atoms with E-state index >= 15 is 0 Å². The molecule has 1 atom stereocenters. The van der Waals surface area contributed by atoms with Crippen molar-refractivity contribution in [2.75, 3.05) is 18.4 Å². The van der Waals surface area contributed by atoms with E-state index in [0.717, 1.165) is 37.0 Å². The van der Waals surface area contributed by atoms with Crippen LogP contribution in [0.1, 0.15) is 29.2 Å². The van der Waals surface area contributed by atoms with Crippen molar-refractivity contribution in [3.8, 4) is 0 Å². The fourth-order valence-electron chi connectivity index (χ4n) is 3.23. The summed E-state index contributed by atoms with van der Waals surface area (Å²) < 4.78 is 2.15. The number of benzene rings is 1. The molecule has 130 valence electrons. The largest absolute Gasteiger partial charge is 0.315 e. The van der Waals surface area contributed by atoms with Crippen molar-refractivity contribution in [2.45, 2.75) is 18.9 Å². The maximum Gasteiger partial charge on any atom is 0.259 e. The Morgan fingerprint density at radius 3 is 2.88 bits per heavy atom. The molecular formula is C18H20ClN5O. The molecule has 0 spiro atoms.